The van der Waals surface area contributed by atoms with Crippen LogP contribution in [0.3, 0.4) is 0 Å². The minimum atomic E-state index is -0.440. The summed E-state index contributed by atoms with van der Waals surface area (Å²) in [5.41, 5.74) is 1.24. The normalized spacial score (nSPS) is 16.5. The number of anilines is 1. The van der Waals surface area contributed by atoms with Crippen molar-refractivity contribution in [3.63, 3.8) is 0 Å². The number of halogens is 1. The van der Waals surface area contributed by atoms with Crippen LogP contribution >= 0.6 is 0 Å². The van der Waals surface area contributed by atoms with Gasteiger partial charge in [-0.05, 0) is 42.7 Å². The van der Waals surface area contributed by atoms with Crippen LogP contribution < -0.4 is 10.1 Å². The monoisotopic (exact) mass is 372 g/mol. The van der Waals surface area contributed by atoms with E-state index in [-0.39, 0.29) is 24.2 Å². The smallest absolute Gasteiger partial charge is 0.238 e. The zero-order valence-corrected chi connectivity index (χ0v) is 15.5. The van der Waals surface area contributed by atoms with Gasteiger partial charge in [-0.25, -0.2) is 4.39 Å². The Hall–Kier alpha value is -2.44. The second-order valence-electron chi connectivity index (χ2n) is 6.68. The maximum atomic E-state index is 13.8. The molecule has 0 spiro atoms. The van der Waals surface area contributed by atoms with Crippen LogP contribution in [0.2, 0.25) is 0 Å². The van der Waals surface area contributed by atoms with Gasteiger partial charge >= 0.3 is 0 Å². The molecule has 2 aromatic carbocycles. The van der Waals surface area contributed by atoms with Gasteiger partial charge in [0.05, 0.1) is 25.4 Å². The molecule has 5 nitrogen and oxygen atoms in total. The molecule has 1 unspecified atom stereocenters. The van der Waals surface area contributed by atoms with Gasteiger partial charge in [-0.15, -0.1) is 0 Å². The number of carbonyl (C=O) groups is 1. The number of ether oxygens (including phenoxy) is 2. The molecule has 1 saturated heterocycles. The van der Waals surface area contributed by atoms with Crippen molar-refractivity contribution in [1.29, 1.82) is 0 Å². The first-order valence-corrected chi connectivity index (χ1v) is 9.15. The second kappa shape index (κ2) is 9.48. The highest BCUT2D eigenvalue weighted by Gasteiger charge is 2.21. The summed E-state index contributed by atoms with van der Waals surface area (Å²) >= 11 is 0. The Labute approximate surface area is 159 Å². The molecule has 1 heterocycles. The number of rotatable bonds is 8. The Morgan fingerprint density at radius 1 is 1.30 bits per heavy atom. The Morgan fingerprint density at radius 3 is 2.89 bits per heavy atom. The van der Waals surface area contributed by atoms with E-state index in [0.717, 1.165) is 30.8 Å². The summed E-state index contributed by atoms with van der Waals surface area (Å²) in [7, 11) is 1.63. The van der Waals surface area contributed by atoms with Crippen LogP contribution in [0.5, 0.6) is 5.75 Å². The van der Waals surface area contributed by atoms with Gasteiger partial charge < -0.3 is 14.8 Å². The average molecular weight is 372 g/mol. The number of hydrogen-bond donors (Lipinski definition) is 1. The SMILES string of the molecule is COc1cccc(CN(CC(=O)Nc2ccccc2F)CC2CCCO2)c1. The molecule has 1 fully saturated rings. The largest absolute Gasteiger partial charge is 0.497 e. The Morgan fingerprint density at radius 2 is 2.15 bits per heavy atom. The third-order valence-electron chi connectivity index (χ3n) is 4.54. The molecule has 144 valence electrons. The molecule has 0 saturated carbocycles. The van der Waals surface area contributed by atoms with Crippen LogP contribution in [-0.4, -0.2) is 43.7 Å². The molecule has 1 atom stereocenters. The van der Waals surface area contributed by atoms with E-state index in [4.69, 9.17) is 9.47 Å². The summed E-state index contributed by atoms with van der Waals surface area (Å²) in [4.78, 5) is 14.5. The number of para-hydroxylation sites is 1. The molecular weight excluding hydrogens is 347 g/mol. The highest BCUT2D eigenvalue weighted by atomic mass is 19.1. The van der Waals surface area contributed by atoms with E-state index in [1.165, 1.54) is 6.07 Å². The van der Waals surface area contributed by atoms with E-state index in [0.29, 0.717) is 13.1 Å². The van der Waals surface area contributed by atoms with Gasteiger partial charge in [0.15, 0.2) is 0 Å². The predicted octanol–water partition coefficient (Wildman–Crippen LogP) is 3.45. The summed E-state index contributed by atoms with van der Waals surface area (Å²) in [6, 6.07) is 13.9. The minimum Gasteiger partial charge on any atom is -0.497 e. The van der Waals surface area contributed by atoms with Crippen molar-refractivity contribution >= 4 is 11.6 Å². The first kappa shape index (κ1) is 19.3. The molecule has 0 aliphatic carbocycles. The van der Waals surface area contributed by atoms with Gasteiger partial charge in [0.25, 0.3) is 0 Å². The molecule has 2 aromatic rings. The molecule has 1 N–H and O–H groups in total. The zero-order chi connectivity index (χ0) is 19.1. The second-order valence-corrected chi connectivity index (χ2v) is 6.68. The lowest BCUT2D eigenvalue weighted by Gasteiger charge is -2.25. The summed E-state index contributed by atoms with van der Waals surface area (Å²) in [6.45, 7) is 2.16. The number of amides is 1. The van der Waals surface area contributed by atoms with Crippen LogP contribution in [0.15, 0.2) is 48.5 Å². The standard InChI is InChI=1S/C21H25FN2O3/c1-26-17-7-4-6-16(12-17)13-24(14-18-8-5-11-27-18)15-21(25)23-20-10-3-2-9-19(20)22/h2-4,6-7,9-10,12,18H,5,8,11,13-15H2,1H3,(H,23,25). The van der Waals surface area contributed by atoms with Crippen LogP contribution in [-0.2, 0) is 16.1 Å². The first-order chi connectivity index (χ1) is 13.1. The van der Waals surface area contributed by atoms with Gasteiger partial charge in [-0.3, -0.25) is 9.69 Å². The zero-order valence-electron chi connectivity index (χ0n) is 15.5. The van der Waals surface area contributed by atoms with Crippen molar-refractivity contribution in [1.82, 2.24) is 4.90 Å². The van der Waals surface area contributed by atoms with Gasteiger partial charge in [-0.2, -0.15) is 0 Å². The molecular formula is C21H25FN2O3. The van der Waals surface area contributed by atoms with Crippen molar-refractivity contribution < 1.29 is 18.7 Å². The van der Waals surface area contributed by atoms with Crippen LogP contribution in [0.25, 0.3) is 0 Å². The summed E-state index contributed by atoms with van der Waals surface area (Å²) in [5, 5.41) is 2.65. The number of nitrogens with one attached hydrogen (secondary N) is 1. The van der Waals surface area contributed by atoms with Gasteiger partial charge in [-0.1, -0.05) is 24.3 Å². The number of methoxy groups -OCH3 is 1. The summed E-state index contributed by atoms with van der Waals surface area (Å²) in [5.74, 6) is 0.0886. The van der Waals surface area contributed by atoms with Crippen molar-refractivity contribution in [2.75, 3.05) is 32.1 Å². The van der Waals surface area contributed by atoms with Gasteiger partial charge in [0.2, 0.25) is 5.91 Å². The molecule has 0 radical (unpaired) electrons. The molecule has 27 heavy (non-hydrogen) atoms. The van der Waals surface area contributed by atoms with Crippen molar-refractivity contribution in [3.8, 4) is 5.75 Å². The Bertz CT molecular complexity index is 763. The average Bonchev–Trinajstić information content (AvgIpc) is 3.16. The lowest BCUT2D eigenvalue weighted by molar-refractivity contribution is -0.117. The molecule has 3 rings (SSSR count). The van der Waals surface area contributed by atoms with Crippen LogP contribution in [0, 0.1) is 5.82 Å². The van der Waals surface area contributed by atoms with Crippen LogP contribution in [0.1, 0.15) is 18.4 Å². The van der Waals surface area contributed by atoms with E-state index in [2.05, 4.69) is 5.32 Å². The third-order valence-corrected chi connectivity index (χ3v) is 4.54. The van der Waals surface area contributed by atoms with Gasteiger partial charge in [0, 0.05) is 19.7 Å². The highest BCUT2D eigenvalue weighted by molar-refractivity contribution is 5.92. The van der Waals surface area contributed by atoms with E-state index in [1.807, 2.05) is 29.2 Å². The van der Waals surface area contributed by atoms with E-state index >= 15 is 0 Å². The Balaban J connectivity index is 1.66. The van der Waals surface area contributed by atoms with Gasteiger partial charge in [0.1, 0.15) is 11.6 Å². The molecule has 1 aliphatic rings. The van der Waals surface area contributed by atoms with Crippen LogP contribution in [0.4, 0.5) is 10.1 Å². The van der Waals surface area contributed by atoms with Crippen molar-refractivity contribution in [2.45, 2.75) is 25.5 Å². The Kier molecular flexibility index (Phi) is 6.79. The van der Waals surface area contributed by atoms with E-state index in [9.17, 15) is 9.18 Å². The third kappa shape index (κ3) is 5.77. The van der Waals surface area contributed by atoms with E-state index in [1.54, 1.807) is 25.3 Å². The first-order valence-electron chi connectivity index (χ1n) is 9.15. The fraction of sp³-hybridized carbons (Fsp3) is 0.381. The fourth-order valence-corrected chi connectivity index (χ4v) is 3.25. The minimum absolute atomic E-state index is 0.122. The lowest BCUT2D eigenvalue weighted by Crippen LogP contribution is -2.38. The molecule has 1 aliphatic heterocycles. The maximum absolute atomic E-state index is 13.8. The molecule has 6 heteroatoms. The highest BCUT2D eigenvalue weighted by Crippen LogP contribution is 2.18. The van der Waals surface area contributed by atoms with Crippen molar-refractivity contribution in [2.24, 2.45) is 0 Å². The van der Waals surface area contributed by atoms with Crippen molar-refractivity contribution in [3.05, 3.63) is 59.9 Å². The predicted molar refractivity (Wildman–Crippen MR) is 102 cm³/mol. The topological polar surface area (TPSA) is 50.8 Å². The number of carbonyl (C=O) groups excluding carboxylic acids is 1. The summed E-state index contributed by atoms with van der Waals surface area (Å²) in [6.07, 6.45) is 2.15. The quantitative estimate of drug-likeness (QED) is 0.771. The fourth-order valence-electron chi connectivity index (χ4n) is 3.25. The molecule has 0 bridgehead atoms. The molecule has 1 amide bonds. The molecule has 0 aromatic heterocycles. The number of hydrogen-bond acceptors (Lipinski definition) is 4. The summed E-state index contributed by atoms with van der Waals surface area (Å²) < 4.78 is 24.8. The number of nitrogens with zero attached hydrogens (tertiary/aromatic N) is 1. The maximum Gasteiger partial charge on any atom is 0.238 e. The van der Waals surface area contributed by atoms with E-state index < -0.39 is 5.82 Å². The lowest BCUT2D eigenvalue weighted by atomic mass is 10.1. The number of benzene rings is 2.